The van der Waals surface area contributed by atoms with E-state index in [1.807, 2.05) is 4.90 Å². The Bertz CT molecular complexity index is 480. The minimum atomic E-state index is -0.412. The van der Waals surface area contributed by atoms with Gasteiger partial charge in [-0.25, -0.2) is 9.97 Å². The fraction of sp³-hybridized carbons (Fsp3) is 0.571. The van der Waals surface area contributed by atoms with Crippen LogP contribution in [0.2, 0.25) is 0 Å². The standard InChI is InChI=1S/C14H20N4O3/c1-2-21-12(19)9-17-13(20)11-5-3-8-18(10-11)14-15-6-4-7-16-14/h4,6-7,11H,2-3,5,8-10H2,1H3,(H,17,20)/t11-/m1/s1. The van der Waals surface area contributed by atoms with Gasteiger partial charge >= 0.3 is 5.97 Å². The van der Waals surface area contributed by atoms with E-state index in [-0.39, 0.29) is 18.4 Å². The first kappa shape index (κ1) is 15.2. The molecule has 0 unspecified atom stereocenters. The Morgan fingerprint density at radius 2 is 2.19 bits per heavy atom. The predicted octanol–water partition coefficient (Wildman–Crippen LogP) is 0.372. The average molecular weight is 292 g/mol. The number of carbonyl (C=O) groups is 2. The molecule has 7 heteroatoms. The molecule has 0 bridgehead atoms. The molecule has 0 radical (unpaired) electrons. The second-order valence-electron chi connectivity index (χ2n) is 4.86. The van der Waals surface area contributed by atoms with Gasteiger partial charge in [-0.05, 0) is 25.8 Å². The lowest BCUT2D eigenvalue weighted by Crippen LogP contribution is -2.44. The third-order valence-corrected chi connectivity index (χ3v) is 3.34. The number of hydrogen-bond donors (Lipinski definition) is 1. The highest BCUT2D eigenvalue weighted by molar-refractivity contribution is 5.84. The normalized spacial score (nSPS) is 18.1. The average Bonchev–Trinajstić information content (AvgIpc) is 2.54. The first-order valence-corrected chi connectivity index (χ1v) is 7.16. The molecule has 2 heterocycles. The maximum absolute atomic E-state index is 12.1. The van der Waals surface area contributed by atoms with Crippen LogP contribution in [0, 0.1) is 5.92 Å². The van der Waals surface area contributed by atoms with Crippen LogP contribution in [0.15, 0.2) is 18.5 Å². The topological polar surface area (TPSA) is 84.4 Å². The smallest absolute Gasteiger partial charge is 0.325 e. The molecule has 0 aliphatic carbocycles. The van der Waals surface area contributed by atoms with Gasteiger partial charge in [-0.15, -0.1) is 0 Å². The van der Waals surface area contributed by atoms with E-state index in [0.717, 1.165) is 19.4 Å². The van der Waals surface area contributed by atoms with Crippen molar-refractivity contribution in [3.8, 4) is 0 Å². The number of aromatic nitrogens is 2. The number of piperidine rings is 1. The van der Waals surface area contributed by atoms with Gasteiger partial charge in [0, 0.05) is 25.5 Å². The fourth-order valence-electron chi connectivity index (χ4n) is 2.34. The van der Waals surface area contributed by atoms with E-state index in [9.17, 15) is 9.59 Å². The van der Waals surface area contributed by atoms with Crippen molar-refractivity contribution in [1.29, 1.82) is 0 Å². The Balaban J connectivity index is 1.86. The Kier molecular flexibility index (Phi) is 5.48. The summed E-state index contributed by atoms with van der Waals surface area (Å²) in [7, 11) is 0. The van der Waals surface area contributed by atoms with Crippen molar-refractivity contribution in [2.45, 2.75) is 19.8 Å². The molecule has 1 fully saturated rings. The predicted molar refractivity (Wildman–Crippen MR) is 76.6 cm³/mol. The lowest BCUT2D eigenvalue weighted by molar-refractivity contribution is -0.143. The van der Waals surface area contributed by atoms with Crippen LogP contribution in [-0.4, -0.2) is 48.1 Å². The molecule has 21 heavy (non-hydrogen) atoms. The summed E-state index contributed by atoms with van der Waals surface area (Å²) < 4.78 is 4.79. The third-order valence-electron chi connectivity index (χ3n) is 3.34. The molecule has 1 saturated heterocycles. The van der Waals surface area contributed by atoms with Crippen LogP contribution in [-0.2, 0) is 14.3 Å². The van der Waals surface area contributed by atoms with Gasteiger partial charge in [0.2, 0.25) is 11.9 Å². The summed E-state index contributed by atoms with van der Waals surface area (Å²) in [4.78, 5) is 33.8. The van der Waals surface area contributed by atoms with Crippen LogP contribution < -0.4 is 10.2 Å². The van der Waals surface area contributed by atoms with Gasteiger partial charge in [0.05, 0.1) is 12.5 Å². The van der Waals surface area contributed by atoms with E-state index in [2.05, 4.69) is 15.3 Å². The molecular weight excluding hydrogens is 272 g/mol. The van der Waals surface area contributed by atoms with Gasteiger partial charge in [0.1, 0.15) is 6.54 Å². The van der Waals surface area contributed by atoms with Crippen molar-refractivity contribution in [2.75, 3.05) is 31.1 Å². The highest BCUT2D eigenvalue weighted by Gasteiger charge is 2.27. The van der Waals surface area contributed by atoms with Crippen LogP contribution >= 0.6 is 0 Å². The van der Waals surface area contributed by atoms with E-state index in [1.54, 1.807) is 25.4 Å². The number of hydrogen-bond acceptors (Lipinski definition) is 6. The molecule has 1 amide bonds. The van der Waals surface area contributed by atoms with Crippen molar-refractivity contribution in [3.05, 3.63) is 18.5 Å². The Morgan fingerprint density at radius 1 is 1.43 bits per heavy atom. The van der Waals surface area contributed by atoms with Gasteiger partial charge < -0.3 is 15.0 Å². The first-order valence-electron chi connectivity index (χ1n) is 7.16. The molecule has 0 spiro atoms. The molecule has 0 aromatic carbocycles. The molecule has 1 aromatic heterocycles. The Morgan fingerprint density at radius 3 is 2.90 bits per heavy atom. The zero-order valence-electron chi connectivity index (χ0n) is 12.1. The van der Waals surface area contributed by atoms with Crippen LogP contribution in [0.4, 0.5) is 5.95 Å². The van der Waals surface area contributed by atoms with Gasteiger partial charge in [0.25, 0.3) is 0 Å². The molecule has 1 aromatic rings. The van der Waals surface area contributed by atoms with E-state index in [4.69, 9.17) is 4.74 Å². The maximum atomic E-state index is 12.1. The molecule has 2 rings (SSSR count). The second kappa shape index (κ2) is 7.56. The minimum absolute atomic E-state index is 0.0784. The zero-order chi connectivity index (χ0) is 15.1. The second-order valence-corrected chi connectivity index (χ2v) is 4.86. The molecule has 7 nitrogen and oxygen atoms in total. The van der Waals surface area contributed by atoms with Crippen molar-refractivity contribution in [3.63, 3.8) is 0 Å². The number of nitrogens with one attached hydrogen (secondary N) is 1. The van der Waals surface area contributed by atoms with Gasteiger partial charge in [-0.3, -0.25) is 9.59 Å². The third kappa shape index (κ3) is 4.40. The number of carbonyl (C=O) groups excluding carboxylic acids is 2. The molecule has 1 aliphatic rings. The number of esters is 1. The van der Waals surface area contributed by atoms with E-state index in [1.165, 1.54) is 0 Å². The molecule has 1 N–H and O–H groups in total. The van der Waals surface area contributed by atoms with Gasteiger partial charge in [-0.2, -0.15) is 0 Å². The summed E-state index contributed by atoms with van der Waals surface area (Å²) in [6.07, 6.45) is 5.08. The zero-order valence-corrected chi connectivity index (χ0v) is 12.1. The van der Waals surface area contributed by atoms with Gasteiger partial charge in [0.15, 0.2) is 0 Å². The molecule has 1 aliphatic heterocycles. The highest BCUT2D eigenvalue weighted by Crippen LogP contribution is 2.19. The number of rotatable bonds is 5. The van der Waals surface area contributed by atoms with Gasteiger partial charge in [-0.1, -0.05) is 0 Å². The SMILES string of the molecule is CCOC(=O)CNC(=O)[C@@H]1CCCN(c2ncccn2)C1. The lowest BCUT2D eigenvalue weighted by atomic mass is 9.97. The summed E-state index contributed by atoms with van der Waals surface area (Å²) in [5, 5.41) is 2.63. The molecular formula is C14H20N4O3. The van der Waals surface area contributed by atoms with Crippen LogP contribution in [0.25, 0.3) is 0 Å². The van der Waals surface area contributed by atoms with Crippen LogP contribution in [0.3, 0.4) is 0 Å². The van der Waals surface area contributed by atoms with Crippen LogP contribution in [0.1, 0.15) is 19.8 Å². The maximum Gasteiger partial charge on any atom is 0.325 e. The Labute approximate surface area is 123 Å². The monoisotopic (exact) mass is 292 g/mol. The van der Waals surface area contributed by atoms with Crippen molar-refractivity contribution in [2.24, 2.45) is 5.92 Å². The first-order chi connectivity index (χ1) is 10.2. The quantitative estimate of drug-likeness (QED) is 0.789. The van der Waals surface area contributed by atoms with E-state index >= 15 is 0 Å². The highest BCUT2D eigenvalue weighted by atomic mass is 16.5. The summed E-state index contributed by atoms with van der Waals surface area (Å²) in [5.74, 6) is -0.0500. The fourth-order valence-corrected chi connectivity index (χ4v) is 2.34. The lowest BCUT2D eigenvalue weighted by Gasteiger charge is -2.31. The van der Waals surface area contributed by atoms with Crippen molar-refractivity contribution < 1.29 is 14.3 Å². The number of anilines is 1. The Hall–Kier alpha value is -2.18. The molecule has 0 saturated carbocycles. The van der Waals surface area contributed by atoms with E-state index in [0.29, 0.717) is 19.1 Å². The van der Waals surface area contributed by atoms with E-state index < -0.39 is 5.97 Å². The minimum Gasteiger partial charge on any atom is -0.465 e. The summed E-state index contributed by atoms with van der Waals surface area (Å²) >= 11 is 0. The summed E-state index contributed by atoms with van der Waals surface area (Å²) in [5.41, 5.74) is 0. The summed E-state index contributed by atoms with van der Waals surface area (Å²) in [6.45, 7) is 3.38. The van der Waals surface area contributed by atoms with Crippen molar-refractivity contribution >= 4 is 17.8 Å². The summed E-state index contributed by atoms with van der Waals surface area (Å²) in [6, 6.07) is 1.76. The van der Waals surface area contributed by atoms with Crippen LogP contribution in [0.5, 0.6) is 0 Å². The molecule has 114 valence electrons. The van der Waals surface area contributed by atoms with Crippen molar-refractivity contribution in [1.82, 2.24) is 15.3 Å². The number of amides is 1. The number of nitrogens with zero attached hydrogens (tertiary/aromatic N) is 3. The largest absolute Gasteiger partial charge is 0.465 e. The number of ether oxygens (including phenoxy) is 1. The molecule has 1 atom stereocenters.